The molecule has 1 aromatic heterocycles. The Morgan fingerprint density at radius 2 is 2.11 bits per heavy atom. The molecule has 8 heteroatoms. The SMILES string of the molecule is NNc1ncc(Br)c(Nc2ccc3c(c2)OCO3)n1. The molecule has 0 saturated carbocycles. The minimum atomic E-state index is 0.247. The maximum atomic E-state index is 5.31. The van der Waals surface area contributed by atoms with E-state index in [9.17, 15) is 0 Å². The van der Waals surface area contributed by atoms with Crippen LogP contribution in [-0.2, 0) is 0 Å². The summed E-state index contributed by atoms with van der Waals surface area (Å²) in [7, 11) is 0. The molecule has 0 unspecified atom stereocenters. The zero-order valence-corrected chi connectivity index (χ0v) is 11.3. The van der Waals surface area contributed by atoms with Crippen LogP contribution in [0.25, 0.3) is 0 Å². The van der Waals surface area contributed by atoms with Gasteiger partial charge in [-0.1, -0.05) is 0 Å². The van der Waals surface area contributed by atoms with Crippen LogP contribution in [0.15, 0.2) is 28.9 Å². The zero-order chi connectivity index (χ0) is 13.2. The normalized spacial score (nSPS) is 12.3. The molecule has 7 nitrogen and oxygen atoms in total. The van der Waals surface area contributed by atoms with Gasteiger partial charge in [0.2, 0.25) is 12.7 Å². The number of benzene rings is 1. The van der Waals surface area contributed by atoms with Crippen molar-refractivity contribution in [3.63, 3.8) is 0 Å². The van der Waals surface area contributed by atoms with Crippen LogP contribution in [0.3, 0.4) is 0 Å². The van der Waals surface area contributed by atoms with E-state index in [-0.39, 0.29) is 6.79 Å². The van der Waals surface area contributed by atoms with E-state index in [0.717, 1.165) is 15.9 Å². The Balaban J connectivity index is 1.88. The Bertz CT molecular complexity index is 622. The van der Waals surface area contributed by atoms with Crippen molar-refractivity contribution in [3.8, 4) is 11.5 Å². The van der Waals surface area contributed by atoms with Crippen LogP contribution in [0.2, 0.25) is 0 Å². The smallest absolute Gasteiger partial charge is 0.239 e. The first kappa shape index (κ1) is 12.0. The molecular formula is C11H10BrN5O2. The molecule has 2 heterocycles. The van der Waals surface area contributed by atoms with Gasteiger partial charge in [0.25, 0.3) is 0 Å². The first-order chi connectivity index (χ1) is 9.26. The van der Waals surface area contributed by atoms with Crippen LogP contribution in [-0.4, -0.2) is 16.8 Å². The maximum absolute atomic E-state index is 5.31. The average molecular weight is 324 g/mol. The number of nitrogens with zero attached hydrogens (tertiary/aromatic N) is 2. The average Bonchev–Trinajstić information content (AvgIpc) is 2.89. The zero-order valence-electron chi connectivity index (χ0n) is 9.68. The molecule has 0 fully saturated rings. The number of hydrazine groups is 1. The van der Waals surface area contributed by atoms with E-state index in [0.29, 0.717) is 17.5 Å². The van der Waals surface area contributed by atoms with Crippen molar-refractivity contribution in [3.05, 3.63) is 28.9 Å². The summed E-state index contributed by atoms with van der Waals surface area (Å²) in [6.45, 7) is 0.247. The van der Waals surface area contributed by atoms with E-state index in [1.807, 2.05) is 18.2 Å². The number of ether oxygens (including phenoxy) is 2. The van der Waals surface area contributed by atoms with E-state index in [1.54, 1.807) is 6.20 Å². The number of aromatic nitrogens is 2. The van der Waals surface area contributed by atoms with Gasteiger partial charge in [0.1, 0.15) is 5.82 Å². The van der Waals surface area contributed by atoms with Crippen LogP contribution in [0, 0.1) is 0 Å². The number of anilines is 3. The number of nitrogens with two attached hydrogens (primary N) is 1. The van der Waals surface area contributed by atoms with Crippen molar-refractivity contribution >= 4 is 33.4 Å². The number of hydrogen-bond acceptors (Lipinski definition) is 7. The van der Waals surface area contributed by atoms with Gasteiger partial charge in [0.05, 0.1) is 4.47 Å². The van der Waals surface area contributed by atoms with Gasteiger partial charge in [0.15, 0.2) is 11.5 Å². The molecule has 0 amide bonds. The first-order valence-electron chi connectivity index (χ1n) is 5.42. The monoisotopic (exact) mass is 323 g/mol. The number of hydrogen-bond donors (Lipinski definition) is 3. The van der Waals surface area contributed by atoms with Gasteiger partial charge in [0, 0.05) is 18.0 Å². The standard InChI is InChI=1S/C11H10BrN5O2/c12-7-4-14-11(17-13)16-10(7)15-6-1-2-8-9(3-6)19-5-18-8/h1-4H,5,13H2,(H2,14,15,16,17). The molecule has 19 heavy (non-hydrogen) atoms. The number of nitrogen functional groups attached to an aromatic ring is 1. The van der Waals surface area contributed by atoms with Crippen molar-refractivity contribution in [2.45, 2.75) is 0 Å². The number of fused-ring (bicyclic) bond motifs is 1. The van der Waals surface area contributed by atoms with Crippen molar-refractivity contribution in [2.24, 2.45) is 5.84 Å². The van der Waals surface area contributed by atoms with Crippen molar-refractivity contribution in [1.82, 2.24) is 9.97 Å². The molecule has 0 radical (unpaired) electrons. The Morgan fingerprint density at radius 3 is 2.95 bits per heavy atom. The van der Waals surface area contributed by atoms with E-state index in [1.165, 1.54) is 0 Å². The van der Waals surface area contributed by atoms with Crippen LogP contribution >= 0.6 is 15.9 Å². The van der Waals surface area contributed by atoms with Gasteiger partial charge in [-0.05, 0) is 28.1 Å². The molecule has 2 aromatic rings. The molecule has 0 aliphatic carbocycles. The fraction of sp³-hybridized carbons (Fsp3) is 0.0909. The van der Waals surface area contributed by atoms with Crippen LogP contribution in [0.5, 0.6) is 11.5 Å². The Hall–Kier alpha value is -2.06. The molecule has 3 rings (SSSR count). The predicted octanol–water partition coefficient (Wildman–Crippen LogP) is 2.00. The van der Waals surface area contributed by atoms with E-state index in [4.69, 9.17) is 15.3 Å². The molecule has 1 aliphatic rings. The molecule has 1 aliphatic heterocycles. The van der Waals surface area contributed by atoms with Gasteiger partial charge in [-0.25, -0.2) is 10.8 Å². The van der Waals surface area contributed by atoms with Gasteiger partial charge in [-0.2, -0.15) is 4.98 Å². The third-order valence-corrected chi connectivity index (χ3v) is 3.09. The Morgan fingerprint density at radius 1 is 1.26 bits per heavy atom. The van der Waals surface area contributed by atoms with Crippen LogP contribution in [0.4, 0.5) is 17.5 Å². The van der Waals surface area contributed by atoms with Crippen molar-refractivity contribution in [2.75, 3.05) is 17.5 Å². The molecule has 1 aromatic carbocycles. The minimum absolute atomic E-state index is 0.247. The third-order valence-electron chi connectivity index (χ3n) is 2.51. The van der Waals surface area contributed by atoms with Gasteiger partial charge in [-0.3, -0.25) is 5.43 Å². The van der Waals surface area contributed by atoms with Crippen molar-refractivity contribution in [1.29, 1.82) is 0 Å². The maximum Gasteiger partial charge on any atom is 0.239 e. The summed E-state index contributed by atoms with van der Waals surface area (Å²) >= 11 is 3.37. The van der Waals surface area contributed by atoms with E-state index < -0.39 is 0 Å². The fourth-order valence-corrected chi connectivity index (χ4v) is 1.93. The summed E-state index contributed by atoms with van der Waals surface area (Å²) in [5.41, 5.74) is 3.22. The molecule has 0 bridgehead atoms. The molecule has 0 atom stereocenters. The lowest BCUT2D eigenvalue weighted by molar-refractivity contribution is 0.174. The number of halogens is 1. The van der Waals surface area contributed by atoms with Gasteiger partial charge in [-0.15, -0.1) is 0 Å². The summed E-state index contributed by atoms with van der Waals surface area (Å²) in [4.78, 5) is 8.18. The summed E-state index contributed by atoms with van der Waals surface area (Å²) < 4.78 is 11.3. The van der Waals surface area contributed by atoms with E-state index in [2.05, 4.69) is 36.6 Å². The second-order valence-corrected chi connectivity index (χ2v) is 4.58. The Kier molecular flexibility index (Phi) is 3.10. The lowest BCUT2D eigenvalue weighted by Crippen LogP contribution is -2.11. The number of nitrogens with one attached hydrogen (secondary N) is 2. The second kappa shape index (κ2) is 4.90. The quantitative estimate of drug-likeness (QED) is 0.587. The number of rotatable bonds is 3. The highest BCUT2D eigenvalue weighted by Gasteiger charge is 2.14. The fourth-order valence-electron chi connectivity index (χ4n) is 1.64. The lowest BCUT2D eigenvalue weighted by Gasteiger charge is -2.09. The van der Waals surface area contributed by atoms with Gasteiger partial charge >= 0.3 is 0 Å². The lowest BCUT2D eigenvalue weighted by atomic mass is 10.3. The molecule has 0 saturated heterocycles. The molecular weight excluding hydrogens is 314 g/mol. The predicted molar refractivity (Wildman–Crippen MR) is 73.4 cm³/mol. The highest BCUT2D eigenvalue weighted by Crippen LogP contribution is 2.35. The summed E-state index contributed by atoms with van der Waals surface area (Å²) in [5.74, 6) is 7.64. The topological polar surface area (TPSA) is 94.3 Å². The van der Waals surface area contributed by atoms with Gasteiger partial charge < -0.3 is 14.8 Å². The largest absolute Gasteiger partial charge is 0.454 e. The van der Waals surface area contributed by atoms with Crippen LogP contribution < -0.4 is 26.1 Å². The summed E-state index contributed by atoms with van der Waals surface area (Å²) in [6, 6.07) is 5.55. The van der Waals surface area contributed by atoms with E-state index >= 15 is 0 Å². The Labute approximate surface area is 117 Å². The summed E-state index contributed by atoms with van der Waals surface area (Å²) in [5, 5.41) is 3.15. The highest BCUT2D eigenvalue weighted by atomic mass is 79.9. The molecule has 0 spiro atoms. The second-order valence-electron chi connectivity index (χ2n) is 3.73. The van der Waals surface area contributed by atoms with Crippen LogP contribution in [0.1, 0.15) is 0 Å². The highest BCUT2D eigenvalue weighted by molar-refractivity contribution is 9.10. The van der Waals surface area contributed by atoms with Crippen molar-refractivity contribution < 1.29 is 9.47 Å². The summed E-state index contributed by atoms with van der Waals surface area (Å²) in [6.07, 6.45) is 1.61. The first-order valence-corrected chi connectivity index (χ1v) is 6.21. The molecule has 4 N–H and O–H groups in total. The third kappa shape index (κ3) is 2.40. The minimum Gasteiger partial charge on any atom is -0.454 e. The molecule has 98 valence electrons.